The third-order valence-corrected chi connectivity index (χ3v) is 4.79. The van der Waals surface area contributed by atoms with Gasteiger partial charge in [0.15, 0.2) is 0 Å². The van der Waals surface area contributed by atoms with Crippen molar-refractivity contribution in [2.45, 2.75) is 32.4 Å². The van der Waals surface area contributed by atoms with Gasteiger partial charge in [0.1, 0.15) is 5.69 Å². The van der Waals surface area contributed by atoms with Gasteiger partial charge in [-0.25, -0.2) is 0 Å². The lowest BCUT2D eigenvalue weighted by molar-refractivity contribution is -0.138. The molecule has 1 aliphatic heterocycles. The van der Waals surface area contributed by atoms with E-state index >= 15 is 0 Å². The molecule has 0 saturated carbocycles. The number of carbonyl (C=O) groups excluding carboxylic acids is 1. The fraction of sp³-hybridized carbons (Fsp3) is 0.571. The molecule has 2 heterocycles. The molecule has 1 unspecified atom stereocenters. The number of carboxylic acids is 1. The van der Waals surface area contributed by atoms with Crippen molar-refractivity contribution in [3.63, 3.8) is 0 Å². The van der Waals surface area contributed by atoms with E-state index in [4.69, 9.17) is 16.7 Å². The number of carboxylic acid groups (broad SMARTS) is 1. The van der Waals surface area contributed by atoms with Crippen molar-refractivity contribution in [1.82, 2.24) is 9.47 Å². The van der Waals surface area contributed by atoms with Crippen molar-refractivity contribution < 1.29 is 14.7 Å². The molecule has 2 rings (SSSR count). The number of carbonyl (C=O) groups is 2. The quantitative estimate of drug-likeness (QED) is 0.922. The van der Waals surface area contributed by atoms with Gasteiger partial charge >= 0.3 is 5.97 Å². The van der Waals surface area contributed by atoms with Crippen LogP contribution in [0.2, 0.25) is 5.02 Å². The van der Waals surface area contributed by atoms with Gasteiger partial charge < -0.3 is 14.6 Å². The van der Waals surface area contributed by atoms with Crippen molar-refractivity contribution in [2.75, 3.05) is 18.1 Å². The first kappa shape index (κ1) is 16.2. The van der Waals surface area contributed by atoms with E-state index in [1.165, 1.54) is 0 Å². The zero-order valence-electron chi connectivity index (χ0n) is 12.1. The van der Waals surface area contributed by atoms with Crippen molar-refractivity contribution in [2.24, 2.45) is 0 Å². The molecule has 1 aromatic heterocycles. The fourth-order valence-electron chi connectivity index (χ4n) is 2.48. The van der Waals surface area contributed by atoms with E-state index in [2.05, 4.69) is 0 Å². The van der Waals surface area contributed by atoms with Gasteiger partial charge in [0.25, 0.3) is 5.91 Å². The minimum Gasteiger partial charge on any atom is -0.481 e. The molecule has 0 aromatic carbocycles. The van der Waals surface area contributed by atoms with E-state index < -0.39 is 5.97 Å². The Hall–Kier alpha value is -1.14. The largest absolute Gasteiger partial charge is 0.481 e. The fourth-order valence-corrected chi connectivity index (χ4v) is 3.76. The summed E-state index contributed by atoms with van der Waals surface area (Å²) in [6.45, 7) is 4.53. The third-order valence-electron chi connectivity index (χ3n) is 3.49. The van der Waals surface area contributed by atoms with Crippen LogP contribution < -0.4 is 0 Å². The molecule has 21 heavy (non-hydrogen) atoms. The predicted octanol–water partition coefficient (Wildman–Crippen LogP) is 2.75. The summed E-state index contributed by atoms with van der Waals surface area (Å²) in [5, 5.41) is 9.53. The Bertz CT molecular complexity index is 544. The molecule has 1 N–H and O–H groups in total. The summed E-state index contributed by atoms with van der Waals surface area (Å²) in [6, 6.07) is 1.51. The number of thioether (sulfide) groups is 1. The summed E-state index contributed by atoms with van der Waals surface area (Å²) in [5.74, 6) is 0.478. The number of hydrogen-bond donors (Lipinski definition) is 1. The predicted molar refractivity (Wildman–Crippen MR) is 84.2 cm³/mol. The average molecular weight is 331 g/mol. The number of aromatic nitrogens is 1. The second kappa shape index (κ2) is 6.75. The summed E-state index contributed by atoms with van der Waals surface area (Å²) in [6.07, 6.45) is 1.72. The Kier molecular flexibility index (Phi) is 5.22. The Balaban J connectivity index is 2.26. The molecule has 1 aliphatic rings. The molecule has 0 aliphatic carbocycles. The number of amides is 1. The van der Waals surface area contributed by atoms with E-state index in [9.17, 15) is 9.59 Å². The summed E-state index contributed by atoms with van der Waals surface area (Å²) in [5.41, 5.74) is 0.525. The van der Waals surface area contributed by atoms with E-state index in [0.29, 0.717) is 23.0 Å². The molecule has 0 spiro atoms. The Labute approximate surface area is 133 Å². The zero-order valence-corrected chi connectivity index (χ0v) is 13.7. The van der Waals surface area contributed by atoms with Gasteiger partial charge in [-0.15, -0.1) is 0 Å². The van der Waals surface area contributed by atoms with Crippen molar-refractivity contribution in [1.29, 1.82) is 0 Å². The van der Waals surface area contributed by atoms with Gasteiger partial charge in [0.2, 0.25) is 0 Å². The first-order valence-electron chi connectivity index (χ1n) is 6.88. The van der Waals surface area contributed by atoms with E-state index in [-0.39, 0.29) is 24.4 Å². The van der Waals surface area contributed by atoms with Gasteiger partial charge in [-0.1, -0.05) is 11.6 Å². The van der Waals surface area contributed by atoms with Crippen molar-refractivity contribution in [3.05, 3.63) is 23.0 Å². The number of halogens is 1. The molecule has 1 fully saturated rings. The van der Waals surface area contributed by atoms with Crippen LogP contribution in [0.25, 0.3) is 0 Å². The highest BCUT2D eigenvalue weighted by atomic mass is 35.5. The maximum Gasteiger partial charge on any atom is 0.305 e. The standard InChI is InChI=1S/C14H19ClN2O3S/c1-9(2)17-7-10(15)5-12(17)14(20)16-3-4-21-8-11(16)6-13(18)19/h5,7,9,11H,3-4,6,8H2,1-2H3,(H,18,19). The third kappa shape index (κ3) is 3.74. The summed E-state index contributed by atoms with van der Waals surface area (Å²) < 4.78 is 1.84. The smallest absolute Gasteiger partial charge is 0.305 e. The van der Waals surface area contributed by atoms with E-state index in [1.54, 1.807) is 28.9 Å². The maximum atomic E-state index is 12.8. The molecule has 0 bridgehead atoms. The van der Waals surface area contributed by atoms with Crippen LogP contribution in [0, 0.1) is 0 Å². The Morgan fingerprint density at radius 3 is 2.86 bits per heavy atom. The second-order valence-electron chi connectivity index (χ2n) is 5.37. The van der Waals surface area contributed by atoms with Crippen LogP contribution in [-0.4, -0.2) is 50.5 Å². The highest BCUT2D eigenvalue weighted by Crippen LogP contribution is 2.25. The van der Waals surface area contributed by atoms with Gasteiger partial charge in [0.05, 0.1) is 17.5 Å². The van der Waals surface area contributed by atoms with Gasteiger partial charge in [-0.3, -0.25) is 9.59 Å². The molecule has 1 aromatic rings. The van der Waals surface area contributed by atoms with E-state index in [0.717, 1.165) is 5.75 Å². The first-order valence-corrected chi connectivity index (χ1v) is 8.41. The number of aliphatic carboxylic acids is 1. The van der Waals surface area contributed by atoms with Crippen LogP contribution in [0.4, 0.5) is 0 Å². The molecule has 1 saturated heterocycles. The summed E-state index contributed by atoms with van der Waals surface area (Å²) in [4.78, 5) is 25.4. The SMILES string of the molecule is CC(C)n1cc(Cl)cc1C(=O)N1CCSCC1CC(=O)O. The zero-order chi connectivity index (χ0) is 15.6. The molecular formula is C14H19ClN2O3S. The summed E-state index contributed by atoms with van der Waals surface area (Å²) in [7, 11) is 0. The highest BCUT2D eigenvalue weighted by Gasteiger charge is 2.31. The first-order chi connectivity index (χ1) is 9.90. The van der Waals surface area contributed by atoms with Crippen LogP contribution >= 0.6 is 23.4 Å². The van der Waals surface area contributed by atoms with Crippen LogP contribution in [0.1, 0.15) is 36.8 Å². The lowest BCUT2D eigenvalue weighted by atomic mass is 10.1. The van der Waals surface area contributed by atoms with Crippen LogP contribution in [0.3, 0.4) is 0 Å². The Morgan fingerprint density at radius 2 is 2.24 bits per heavy atom. The molecule has 1 amide bonds. The second-order valence-corrected chi connectivity index (χ2v) is 6.96. The van der Waals surface area contributed by atoms with Crippen LogP contribution in [-0.2, 0) is 4.79 Å². The molecule has 116 valence electrons. The van der Waals surface area contributed by atoms with Gasteiger partial charge in [-0.05, 0) is 19.9 Å². The highest BCUT2D eigenvalue weighted by molar-refractivity contribution is 7.99. The lowest BCUT2D eigenvalue weighted by Crippen LogP contribution is -2.47. The number of nitrogens with zero attached hydrogens (tertiary/aromatic N) is 2. The van der Waals surface area contributed by atoms with Crippen molar-refractivity contribution in [3.8, 4) is 0 Å². The van der Waals surface area contributed by atoms with Crippen LogP contribution in [0.5, 0.6) is 0 Å². The minimum absolute atomic E-state index is 0.0190. The summed E-state index contributed by atoms with van der Waals surface area (Å²) >= 11 is 7.71. The lowest BCUT2D eigenvalue weighted by Gasteiger charge is -2.35. The topological polar surface area (TPSA) is 62.5 Å². The monoisotopic (exact) mass is 330 g/mol. The number of hydrogen-bond acceptors (Lipinski definition) is 3. The maximum absolute atomic E-state index is 12.8. The average Bonchev–Trinajstić information content (AvgIpc) is 2.80. The molecule has 7 heteroatoms. The molecule has 0 radical (unpaired) electrons. The Morgan fingerprint density at radius 1 is 1.52 bits per heavy atom. The van der Waals surface area contributed by atoms with E-state index in [1.807, 2.05) is 18.4 Å². The molecular weight excluding hydrogens is 312 g/mol. The van der Waals surface area contributed by atoms with Crippen molar-refractivity contribution >= 4 is 35.2 Å². The van der Waals surface area contributed by atoms with Gasteiger partial charge in [-0.2, -0.15) is 11.8 Å². The van der Waals surface area contributed by atoms with Gasteiger partial charge in [0, 0.05) is 30.3 Å². The molecule has 1 atom stereocenters. The minimum atomic E-state index is -0.877. The number of rotatable bonds is 4. The normalized spacial score (nSPS) is 19.0. The molecule has 5 nitrogen and oxygen atoms in total. The van der Waals surface area contributed by atoms with Crippen LogP contribution in [0.15, 0.2) is 12.3 Å².